The smallest absolute Gasteiger partial charge is 0.328 e. The molecular weight excluding hydrogens is 241 g/mol. The van der Waals surface area contributed by atoms with Crippen molar-refractivity contribution in [2.24, 2.45) is 0 Å². The van der Waals surface area contributed by atoms with Crippen LogP contribution in [0.4, 0.5) is 4.39 Å². The molecule has 7 heteroatoms. The second kappa shape index (κ2) is 5.46. The van der Waals surface area contributed by atoms with Gasteiger partial charge in [0.05, 0.1) is 18.7 Å². The van der Waals surface area contributed by atoms with Gasteiger partial charge in [0.25, 0.3) is 5.56 Å². The maximum atomic E-state index is 13.0. The van der Waals surface area contributed by atoms with Crippen LogP contribution in [0.3, 0.4) is 0 Å². The van der Waals surface area contributed by atoms with E-state index in [9.17, 15) is 14.0 Å². The van der Waals surface area contributed by atoms with Crippen molar-refractivity contribution in [2.45, 2.75) is 13.1 Å². The molecule has 2 heterocycles. The van der Waals surface area contributed by atoms with Crippen LogP contribution < -0.4 is 16.6 Å². The average Bonchev–Trinajstić information content (AvgIpc) is 2.84. The molecule has 0 saturated carbocycles. The summed E-state index contributed by atoms with van der Waals surface area (Å²) in [4.78, 5) is 24.0. The monoisotopic (exact) mass is 253 g/mol. The molecule has 0 atom stereocenters. The SMILES string of the molecule is O=c1[nH]c(=O)n(CCNCc2ccoc2)cc1F. The van der Waals surface area contributed by atoms with Gasteiger partial charge in [-0.2, -0.15) is 4.39 Å². The van der Waals surface area contributed by atoms with Crippen molar-refractivity contribution < 1.29 is 8.81 Å². The minimum absolute atomic E-state index is 0.268. The summed E-state index contributed by atoms with van der Waals surface area (Å²) in [6.45, 7) is 1.33. The van der Waals surface area contributed by atoms with Gasteiger partial charge in [0.2, 0.25) is 5.82 Å². The first-order valence-electron chi connectivity index (χ1n) is 5.38. The van der Waals surface area contributed by atoms with E-state index >= 15 is 0 Å². The number of H-pyrrole nitrogens is 1. The lowest BCUT2D eigenvalue weighted by atomic mass is 10.3. The van der Waals surface area contributed by atoms with Crippen LogP contribution in [0.5, 0.6) is 0 Å². The molecule has 0 bridgehead atoms. The number of nitrogens with one attached hydrogen (secondary N) is 2. The maximum absolute atomic E-state index is 13.0. The molecule has 0 amide bonds. The fourth-order valence-corrected chi connectivity index (χ4v) is 1.47. The Hall–Kier alpha value is -2.15. The molecule has 2 aromatic rings. The van der Waals surface area contributed by atoms with Gasteiger partial charge < -0.3 is 9.73 Å². The molecule has 2 aromatic heterocycles. The quantitative estimate of drug-likeness (QED) is 0.738. The van der Waals surface area contributed by atoms with Crippen LogP contribution in [-0.4, -0.2) is 16.1 Å². The van der Waals surface area contributed by atoms with E-state index in [4.69, 9.17) is 4.42 Å². The summed E-state index contributed by atoms with van der Waals surface area (Å²) < 4.78 is 19.0. The molecule has 6 nitrogen and oxygen atoms in total. The number of aromatic nitrogens is 2. The predicted molar refractivity (Wildman–Crippen MR) is 61.7 cm³/mol. The lowest BCUT2D eigenvalue weighted by Gasteiger charge is -2.05. The highest BCUT2D eigenvalue weighted by Crippen LogP contribution is 1.97. The lowest BCUT2D eigenvalue weighted by molar-refractivity contribution is 0.526. The first-order chi connectivity index (χ1) is 8.66. The van der Waals surface area contributed by atoms with Crippen molar-refractivity contribution >= 4 is 0 Å². The Labute approximate surface area is 101 Å². The number of furan rings is 1. The van der Waals surface area contributed by atoms with Gasteiger partial charge in [-0.05, 0) is 6.07 Å². The van der Waals surface area contributed by atoms with Gasteiger partial charge in [-0.1, -0.05) is 0 Å². The van der Waals surface area contributed by atoms with Gasteiger partial charge in [-0.3, -0.25) is 14.3 Å². The summed E-state index contributed by atoms with van der Waals surface area (Å²) in [7, 11) is 0. The van der Waals surface area contributed by atoms with Crippen LogP contribution in [0.2, 0.25) is 0 Å². The third-order valence-corrected chi connectivity index (χ3v) is 2.41. The van der Waals surface area contributed by atoms with Gasteiger partial charge in [-0.25, -0.2) is 4.79 Å². The van der Waals surface area contributed by atoms with E-state index in [1.54, 1.807) is 12.5 Å². The molecular formula is C11H12FN3O3. The highest BCUT2D eigenvalue weighted by atomic mass is 19.1. The Morgan fingerprint density at radius 1 is 1.44 bits per heavy atom. The largest absolute Gasteiger partial charge is 0.472 e. The Morgan fingerprint density at radius 2 is 2.28 bits per heavy atom. The average molecular weight is 253 g/mol. The van der Waals surface area contributed by atoms with Gasteiger partial charge >= 0.3 is 5.69 Å². The van der Waals surface area contributed by atoms with Crippen molar-refractivity contribution in [1.82, 2.24) is 14.9 Å². The van der Waals surface area contributed by atoms with E-state index in [1.165, 1.54) is 0 Å². The minimum Gasteiger partial charge on any atom is -0.472 e. The van der Waals surface area contributed by atoms with E-state index in [0.717, 1.165) is 16.3 Å². The zero-order chi connectivity index (χ0) is 13.0. The standard InChI is InChI=1S/C11H12FN3O3/c12-9-6-15(11(17)14-10(9)16)3-2-13-5-8-1-4-18-7-8/h1,4,6-7,13H,2-3,5H2,(H,14,16,17). The van der Waals surface area contributed by atoms with E-state index in [1.807, 2.05) is 11.1 Å². The summed E-state index contributed by atoms with van der Waals surface area (Å²) in [5.41, 5.74) is -0.635. The number of aromatic amines is 1. The number of hydrogen-bond donors (Lipinski definition) is 2. The molecule has 96 valence electrons. The van der Waals surface area contributed by atoms with Gasteiger partial charge in [-0.15, -0.1) is 0 Å². The minimum atomic E-state index is -0.998. The molecule has 0 aromatic carbocycles. The summed E-state index contributed by atoms with van der Waals surface area (Å²) in [5, 5.41) is 3.06. The Kier molecular flexibility index (Phi) is 3.73. The van der Waals surface area contributed by atoms with Gasteiger partial charge in [0, 0.05) is 25.2 Å². The fourth-order valence-electron chi connectivity index (χ4n) is 1.47. The zero-order valence-corrected chi connectivity index (χ0v) is 9.48. The molecule has 0 aliphatic heterocycles. The zero-order valence-electron chi connectivity index (χ0n) is 9.48. The Bertz CT molecular complexity index is 615. The maximum Gasteiger partial charge on any atom is 0.328 e. The molecule has 0 saturated heterocycles. The van der Waals surface area contributed by atoms with Crippen LogP contribution in [-0.2, 0) is 13.1 Å². The Balaban J connectivity index is 1.89. The van der Waals surface area contributed by atoms with Crippen LogP contribution >= 0.6 is 0 Å². The van der Waals surface area contributed by atoms with Crippen LogP contribution in [0, 0.1) is 5.82 Å². The summed E-state index contributed by atoms with van der Waals surface area (Å²) >= 11 is 0. The molecule has 2 rings (SSSR count). The topological polar surface area (TPSA) is 80.0 Å². The van der Waals surface area contributed by atoms with E-state index in [-0.39, 0.29) is 6.54 Å². The second-order valence-electron chi connectivity index (χ2n) is 3.74. The van der Waals surface area contributed by atoms with Crippen LogP contribution in [0.25, 0.3) is 0 Å². The first-order valence-corrected chi connectivity index (χ1v) is 5.38. The normalized spacial score (nSPS) is 10.7. The summed E-state index contributed by atoms with van der Waals surface area (Å²) in [6.07, 6.45) is 4.08. The predicted octanol–water partition coefficient (Wildman–Crippen LogP) is 0.0585. The highest BCUT2D eigenvalue weighted by molar-refractivity contribution is 5.04. The van der Waals surface area contributed by atoms with Crippen molar-refractivity contribution in [2.75, 3.05) is 6.54 Å². The number of hydrogen-bond acceptors (Lipinski definition) is 4. The molecule has 0 unspecified atom stereocenters. The summed E-state index contributed by atoms with van der Waals surface area (Å²) in [6, 6.07) is 1.82. The van der Waals surface area contributed by atoms with Crippen LogP contribution in [0.15, 0.2) is 38.8 Å². The third kappa shape index (κ3) is 2.95. The van der Waals surface area contributed by atoms with E-state index in [0.29, 0.717) is 13.1 Å². The third-order valence-electron chi connectivity index (χ3n) is 2.41. The second-order valence-corrected chi connectivity index (χ2v) is 3.74. The highest BCUT2D eigenvalue weighted by Gasteiger charge is 2.03. The number of nitrogens with zero attached hydrogens (tertiary/aromatic N) is 1. The summed E-state index contributed by atoms with van der Waals surface area (Å²) in [5.74, 6) is -0.968. The van der Waals surface area contributed by atoms with Crippen molar-refractivity contribution in [3.63, 3.8) is 0 Å². The van der Waals surface area contributed by atoms with E-state index in [2.05, 4.69) is 5.32 Å². The molecule has 0 aliphatic rings. The van der Waals surface area contributed by atoms with Crippen molar-refractivity contribution in [3.8, 4) is 0 Å². The van der Waals surface area contributed by atoms with Crippen molar-refractivity contribution in [1.29, 1.82) is 0 Å². The molecule has 0 spiro atoms. The number of halogens is 1. The van der Waals surface area contributed by atoms with Gasteiger partial charge in [0.1, 0.15) is 0 Å². The first kappa shape index (κ1) is 12.3. The van der Waals surface area contributed by atoms with Crippen molar-refractivity contribution in [3.05, 3.63) is 57.0 Å². The van der Waals surface area contributed by atoms with E-state index < -0.39 is 17.1 Å². The lowest BCUT2D eigenvalue weighted by Crippen LogP contribution is -2.33. The molecule has 18 heavy (non-hydrogen) atoms. The molecule has 0 aliphatic carbocycles. The van der Waals surface area contributed by atoms with Gasteiger partial charge in [0.15, 0.2) is 0 Å². The molecule has 0 radical (unpaired) electrons. The molecule has 2 N–H and O–H groups in total. The Morgan fingerprint density at radius 3 is 3.00 bits per heavy atom. The number of rotatable bonds is 5. The fraction of sp³-hybridized carbons (Fsp3) is 0.273. The molecule has 0 fully saturated rings. The van der Waals surface area contributed by atoms with Crippen LogP contribution in [0.1, 0.15) is 5.56 Å².